The van der Waals surface area contributed by atoms with Crippen molar-refractivity contribution in [2.45, 2.75) is 38.8 Å². The molecule has 0 spiro atoms. The minimum atomic E-state index is -1.13. The molecule has 1 amide bonds. The van der Waals surface area contributed by atoms with Crippen LogP contribution in [0.3, 0.4) is 0 Å². The zero-order valence-corrected chi connectivity index (χ0v) is 23.7. The first-order valence-electron chi connectivity index (χ1n) is 12.2. The molecule has 0 saturated heterocycles. The standard InChI is InChI=1S/C28H28Cl2F2N2O6/c1-5-38-14-39-26-23(37-4)10-11-33-25(26)27(35)34-15(2)28(36)40-16(3)24(17-6-8-19(29)21(31)12-17)18-7-9-20(30)22(32)13-18/h6-13,15-16,24H,5,14H2,1-4H3,(H,34,35)/t15-,16-/m0/s1. The maximum Gasteiger partial charge on any atom is 0.328 e. The predicted octanol–water partition coefficient (Wildman–Crippen LogP) is 5.93. The first-order valence-corrected chi connectivity index (χ1v) is 13.0. The van der Waals surface area contributed by atoms with Crippen LogP contribution in [0.15, 0.2) is 48.7 Å². The molecule has 1 N–H and O–H groups in total. The van der Waals surface area contributed by atoms with Gasteiger partial charge in [0, 0.05) is 24.8 Å². The van der Waals surface area contributed by atoms with E-state index >= 15 is 0 Å². The molecule has 2 atom stereocenters. The summed E-state index contributed by atoms with van der Waals surface area (Å²) in [6.07, 6.45) is 0.431. The molecule has 0 unspecified atom stereocenters. The van der Waals surface area contributed by atoms with Gasteiger partial charge in [0.25, 0.3) is 5.91 Å². The second-order valence-corrected chi connectivity index (χ2v) is 9.42. The fourth-order valence-electron chi connectivity index (χ4n) is 3.90. The topological polar surface area (TPSA) is 96.0 Å². The summed E-state index contributed by atoms with van der Waals surface area (Å²) in [6.45, 7) is 5.01. The lowest BCUT2D eigenvalue weighted by molar-refractivity contribution is -0.150. The van der Waals surface area contributed by atoms with Crippen LogP contribution in [-0.2, 0) is 14.3 Å². The van der Waals surface area contributed by atoms with E-state index in [0.717, 1.165) is 0 Å². The van der Waals surface area contributed by atoms with Gasteiger partial charge in [0.1, 0.15) is 23.8 Å². The van der Waals surface area contributed by atoms with Crippen LogP contribution < -0.4 is 14.8 Å². The number of halogens is 4. The van der Waals surface area contributed by atoms with Gasteiger partial charge in [-0.1, -0.05) is 35.3 Å². The lowest BCUT2D eigenvalue weighted by Crippen LogP contribution is -2.41. The molecule has 0 aliphatic carbocycles. The van der Waals surface area contributed by atoms with Gasteiger partial charge in [0.2, 0.25) is 0 Å². The van der Waals surface area contributed by atoms with Crippen LogP contribution in [0.1, 0.15) is 48.3 Å². The lowest BCUT2D eigenvalue weighted by Gasteiger charge is -2.27. The molecule has 1 heterocycles. The molecule has 0 saturated carbocycles. The molecule has 0 fully saturated rings. The summed E-state index contributed by atoms with van der Waals surface area (Å²) in [6, 6.07) is 8.57. The maximum absolute atomic E-state index is 14.3. The Labute approximate surface area is 240 Å². The molecule has 214 valence electrons. The molecule has 3 aromatic rings. The number of aromatic nitrogens is 1. The van der Waals surface area contributed by atoms with Gasteiger partial charge in [-0.05, 0) is 56.2 Å². The number of benzene rings is 2. The number of hydrogen-bond donors (Lipinski definition) is 1. The third kappa shape index (κ3) is 7.59. The van der Waals surface area contributed by atoms with Gasteiger partial charge in [0.15, 0.2) is 24.0 Å². The van der Waals surface area contributed by atoms with E-state index in [1.165, 1.54) is 50.6 Å². The third-order valence-corrected chi connectivity index (χ3v) is 6.49. The smallest absolute Gasteiger partial charge is 0.328 e. The molecule has 0 bridgehead atoms. The van der Waals surface area contributed by atoms with Crippen LogP contribution in [-0.4, -0.2) is 49.5 Å². The van der Waals surface area contributed by atoms with E-state index in [-0.39, 0.29) is 34.0 Å². The van der Waals surface area contributed by atoms with Crippen molar-refractivity contribution in [3.8, 4) is 11.5 Å². The molecule has 0 radical (unpaired) electrons. The molecule has 3 rings (SSSR count). The largest absolute Gasteiger partial charge is 0.493 e. The highest BCUT2D eigenvalue weighted by molar-refractivity contribution is 6.31. The first-order chi connectivity index (χ1) is 19.1. The summed E-state index contributed by atoms with van der Waals surface area (Å²) in [5, 5.41) is 2.34. The maximum atomic E-state index is 14.3. The van der Waals surface area contributed by atoms with E-state index in [0.29, 0.717) is 17.7 Å². The van der Waals surface area contributed by atoms with Crippen LogP contribution >= 0.6 is 23.2 Å². The van der Waals surface area contributed by atoms with Crippen molar-refractivity contribution < 1.29 is 37.3 Å². The number of ether oxygens (including phenoxy) is 4. The number of pyridine rings is 1. The highest BCUT2D eigenvalue weighted by atomic mass is 35.5. The van der Waals surface area contributed by atoms with Gasteiger partial charge in [0.05, 0.1) is 17.2 Å². The van der Waals surface area contributed by atoms with Gasteiger partial charge in [-0.25, -0.2) is 18.6 Å². The molecule has 0 aliphatic rings. The van der Waals surface area contributed by atoms with Crippen molar-refractivity contribution in [2.24, 2.45) is 0 Å². The summed E-state index contributed by atoms with van der Waals surface area (Å²) in [4.78, 5) is 30.1. The SMILES string of the molecule is CCOCOc1c(OC)ccnc1C(=O)N[C@@H](C)C(=O)O[C@@H](C)C(c1ccc(Cl)c(F)c1)c1ccc(Cl)c(F)c1. The first kappa shape index (κ1) is 31.1. The zero-order chi connectivity index (χ0) is 29.4. The van der Waals surface area contributed by atoms with E-state index < -0.39 is 41.6 Å². The van der Waals surface area contributed by atoms with Crippen LogP contribution in [0.2, 0.25) is 10.0 Å². The number of hydrogen-bond acceptors (Lipinski definition) is 7. The highest BCUT2D eigenvalue weighted by Crippen LogP contribution is 2.34. The number of methoxy groups -OCH3 is 1. The van der Waals surface area contributed by atoms with Gasteiger partial charge >= 0.3 is 5.97 Å². The molecule has 8 nitrogen and oxygen atoms in total. The predicted molar refractivity (Wildman–Crippen MR) is 145 cm³/mol. The molecule has 0 aliphatic heterocycles. The number of carbonyl (C=O) groups is 2. The fraction of sp³-hybridized carbons (Fsp3) is 0.321. The Bertz CT molecular complexity index is 1310. The molecular formula is C28H28Cl2F2N2O6. The minimum Gasteiger partial charge on any atom is -0.493 e. The van der Waals surface area contributed by atoms with Crippen molar-refractivity contribution in [1.29, 1.82) is 0 Å². The summed E-state index contributed by atoms with van der Waals surface area (Å²) in [7, 11) is 1.40. The van der Waals surface area contributed by atoms with Crippen LogP contribution in [0.4, 0.5) is 8.78 Å². The van der Waals surface area contributed by atoms with Gasteiger partial charge in [-0.3, -0.25) is 4.79 Å². The molecule has 1 aromatic heterocycles. The average Bonchev–Trinajstić information content (AvgIpc) is 2.92. The number of nitrogens with one attached hydrogen (secondary N) is 1. The lowest BCUT2D eigenvalue weighted by atomic mass is 9.87. The van der Waals surface area contributed by atoms with E-state index in [1.807, 2.05) is 0 Å². The minimum absolute atomic E-state index is 0.0412. The van der Waals surface area contributed by atoms with E-state index in [4.69, 9.17) is 42.1 Å². The van der Waals surface area contributed by atoms with Gasteiger partial charge in [-0.2, -0.15) is 0 Å². The average molecular weight is 597 g/mol. The Hall–Kier alpha value is -3.47. The van der Waals surface area contributed by atoms with Crippen molar-refractivity contribution in [3.05, 3.63) is 87.2 Å². The number of nitrogens with zero attached hydrogens (tertiary/aromatic N) is 1. The summed E-state index contributed by atoms with van der Waals surface area (Å²) >= 11 is 11.7. The normalized spacial score (nSPS) is 12.5. The second-order valence-electron chi connectivity index (χ2n) is 8.61. The monoisotopic (exact) mass is 596 g/mol. The highest BCUT2D eigenvalue weighted by Gasteiger charge is 2.30. The van der Waals surface area contributed by atoms with Crippen molar-refractivity contribution in [3.63, 3.8) is 0 Å². The Kier molecular flexibility index (Phi) is 11.1. The number of carbonyl (C=O) groups excluding carboxylic acids is 2. The van der Waals surface area contributed by atoms with Gasteiger partial charge < -0.3 is 24.3 Å². The fourth-order valence-corrected chi connectivity index (χ4v) is 4.13. The third-order valence-electron chi connectivity index (χ3n) is 5.87. The summed E-state index contributed by atoms with van der Waals surface area (Å²) in [5.41, 5.74) is 0.646. The zero-order valence-electron chi connectivity index (χ0n) is 22.2. The molecule has 2 aromatic carbocycles. The van der Waals surface area contributed by atoms with Crippen molar-refractivity contribution in [1.82, 2.24) is 10.3 Å². The Morgan fingerprint density at radius 2 is 1.60 bits per heavy atom. The van der Waals surface area contributed by atoms with Gasteiger partial charge in [-0.15, -0.1) is 0 Å². The molecule has 40 heavy (non-hydrogen) atoms. The van der Waals surface area contributed by atoms with E-state index in [1.54, 1.807) is 26.0 Å². The summed E-state index contributed by atoms with van der Waals surface area (Å²) in [5.74, 6) is -3.40. The van der Waals surface area contributed by atoms with E-state index in [2.05, 4.69) is 10.3 Å². The van der Waals surface area contributed by atoms with Crippen LogP contribution in [0, 0.1) is 11.6 Å². The number of rotatable bonds is 12. The Morgan fingerprint density at radius 1 is 1.00 bits per heavy atom. The van der Waals surface area contributed by atoms with E-state index in [9.17, 15) is 18.4 Å². The van der Waals surface area contributed by atoms with Crippen molar-refractivity contribution >= 4 is 35.1 Å². The van der Waals surface area contributed by atoms with Crippen molar-refractivity contribution in [2.75, 3.05) is 20.5 Å². The second kappa shape index (κ2) is 14.2. The quantitative estimate of drug-likeness (QED) is 0.157. The van der Waals surface area contributed by atoms with Crippen LogP contribution in [0.25, 0.3) is 0 Å². The Balaban J connectivity index is 1.81. The number of amides is 1. The summed E-state index contributed by atoms with van der Waals surface area (Å²) < 4.78 is 50.3. The molecule has 12 heteroatoms. The molecular weight excluding hydrogens is 569 g/mol. The number of esters is 1. The van der Waals surface area contributed by atoms with Crippen LogP contribution in [0.5, 0.6) is 11.5 Å². The Morgan fingerprint density at radius 3 is 2.12 bits per heavy atom.